The van der Waals surface area contributed by atoms with Crippen LogP contribution in [0.2, 0.25) is 0 Å². The van der Waals surface area contributed by atoms with Gasteiger partial charge in [0.25, 0.3) is 0 Å². The molecule has 1 aromatic carbocycles. The van der Waals surface area contributed by atoms with Crippen molar-refractivity contribution in [2.45, 2.75) is 34.1 Å². The molecule has 0 aliphatic rings. The van der Waals surface area contributed by atoms with Crippen LogP contribution < -0.4 is 10.5 Å². The molecule has 0 amide bonds. The van der Waals surface area contributed by atoms with Gasteiger partial charge < -0.3 is 15.6 Å². The van der Waals surface area contributed by atoms with Crippen LogP contribution in [0.15, 0.2) is 12.1 Å². The highest BCUT2D eigenvalue weighted by Gasteiger charge is 2.28. The second kappa shape index (κ2) is 6.06. The van der Waals surface area contributed by atoms with E-state index >= 15 is 0 Å². The summed E-state index contributed by atoms with van der Waals surface area (Å²) < 4.78 is 5.56. The molecule has 0 fully saturated rings. The standard InChI is InChI=1S/C15H23NO3/c1-10-8-13(19-6-5-16)11(2)7-12(10)9-15(3,4)14(17)18/h7-8H,5-6,9,16H2,1-4H3,(H,17,18). The maximum absolute atomic E-state index is 11.2. The fourth-order valence-corrected chi connectivity index (χ4v) is 1.92. The Labute approximate surface area is 114 Å². The van der Waals surface area contributed by atoms with E-state index in [9.17, 15) is 9.90 Å². The Morgan fingerprint density at radius 3 is 2.47 bits per heavy atom. The first kappa shape index (κ1) is 15.5. The van der Waals surface area contributed by atoms with Gasteiger partial charge in [-0.2, -0.15) is 0 Å². The topological polar surface area (TPSA) is 72.5 Å². The molecule has 19 heavy (non-hydrogen) atoms. The summed E-state index contributed by atoms with van der Waals surface area (Å²) in [5, 5.41) is 9.19. The molecule has 0 bridgehead atoms. The van der Waals surface area contributed by atoms with E-state index in [1.165, 1.54) is 0 Å². The van der Waals surface area contributed by atoms with Gasteiger partial charge in [-0.15, -0.1) is 0 Å². The van der Waals surface area contributed by atoms with E-state index in [1.54, 1.807) is 13.8 Å². The zero-order valence-electron chi connectivity index (χ0n) is 12.1. The predicted octanol–water partition coefficient (Wildman–Crippen LogP) is 2.29. The van der Waals surface area contributed by atoms with Crippen LogP contribution in [0.4, 0.5) is 0 Å². The van der Waals surface area contributed by atoms with Gasteiger partial charge in [0.1, 0.15) is 12.4 Å². The molecule has 0 heterocycles. The minimum atomic E-state index is -0.784. The molecule has 1 aromatic rings. The molecular formula is C15H23NO3. The molecule has 0 unspecified atom stereocenters. The molecule has 0 aliphatic heterocycles. The summed E-state index contributed by atoms with van der Waals surface area (Å²) in [6.07, 6.45) is 0.506. The molecule has 0 spiro atoms. The lowest BCUT2D eigenvalue weighted by molar-refractivity contribution is -0.146. The Balaban J connectivity index is 2.99. The number of hydrogen-bond acceptors (Lipinski definition) is 3. The molecule has 106 valence electrons. The summed E-state index contributed by atoms with van der Waals surface area (Å²) in [5.41, 5.74) is 7.76. The van der Waals surface area contributed by atoms with Gasteiger partial charge in [-0.05, 0) is 56.9 Å². The quantitative estimate of drug-likeness (QED) is 0.827. The number of benzene rings is 1. The van der Waals surface area contributed by atoms with Crippen LogP contribution in [-0.2, 0) is 11.2 Å². The molecule has 4 nitrogen and oxygen atoms in total. The zero-order chi connectivity index (χ0) is 14.6. The molecule has 0 saturated carbocycles. The van der Waals surface area contributed by atoms with Crippen molar-refractivity contribution >= 4 is 5.97 Å². The van der Waals surface area contributed by atoms with E-state index in [1.807, 2.05) is 26.0 Å². The smallest absolute Gasteiger partial charge is 0.309 e. The van der Waals surface area contributed by atoms with Gasteiger partial charge in [0.15, 0.2) is 0 Å². The molecule has 0 saturated heterocycles. The summed E-state index contributed by atoms with van der Waals surface area (Å²) in [5.74, 6) is 0.0350. The van der Waals surface area contributed by atoms with E-state index in [4.69, 9.17) is 10.5 Å². The van der Waals surface area contributed by atoms with E-state index < -0.39 is 11.4 Å². The van der Waals surface area contributed by atoms with Gasteiger partial charge in [0, 0.05) is 6.54 Å². The van der Waals surface area contributed by atoms with Crippen LogP contribution in [0.5, 0.6) is 5.75 Å². The Kier molecular flexibility index (Phi) is 4.95. The van der Waals surface area contributed by atoms with Crippen molar-refractivity contribution in [2.24, 2.45) is 11.1 Å². The van der Waals surface area contributed by atoms with Gasteiger partial charge in [-0.1, -0.05) is 6.07 Å². The van der Waals surface area contributed by atoms with Crippen molar-refractivity contribution in [1.29, 1.82) is 0 Å². The highest BCUT2D eigenvalue weighted by atomic mass is 16.5. The van der Waals surface area contributed by atoms with E-state index in [0.717, 1.165) is 22.4 Å². The van der Waals surface area contributed by atoms with Crippen LogP contribution in [0, 0.1) is 19.3 Å². The molecule has 0 atom stereocenters. The van der Waals surface area contributed by atoms with Gasteiger partial charge in [-0.25, -0.2) is 0 Å². The molecular weight excluding hydrogens is 242 g/mol. The third-order valence-electron chi connectivity index (χ3n) is 3.22. The molecule has 4 heteroatoms. The number of rotatable bonds is 6. The molecule has 1 rings (SSSR count). The van der Waals surface area contributed by atoms with Crippen molar-refractivity contribution in [2.75, 3.05) is 13.2 Å². The SMILES string of the molecule is Cc1cc(OCCN)c(C)cc1CC(C)(C)C(=O)O. The third kappa shape index (κ3) is 3.96. The zero-order valence-corrected chi connectivity index (χ0v) is 12.1. The minimum Gasteiger partial charge on any atom is -0.492 e. The number of carbonyl (C=O) groups is 1. The summed E-state index contributed by atoms with van der Waals surface area (Å²) in [6, 6.07) is 3.96. The Morgan fingerprint density at radius 1 is 1.32 bits per heavy atom. The highest BCUT2D eigenvalue weighted by Crippen LogP contribution is 2.28. The van der Waals surface area contributed by atoms with E-state index in [2.05, 4.69) is 0 Å². The summed E-state index contributed by atoms with van der Waals surface area (Å²) in [6.45, 7) is 8.38. The number of carboxylic acid groups (broad SMARTS) is 1. The number of ether oxygens (including phenoxy) is 1. The number of aryl methyl sites for hydroxylation is 2. The van der Waals surface area contributed by atoms with E-state index in [0.29, 0.717) is 19.6 Å². The first-order chi connectivity index (χ1) is 8.77. The van der Waals surface area contributed by atoms with Crippen molar-refractivity contribution in [3.05, 3.63) is 28.8 Å². The number of hydrogen-bond donors (Lipinski definition) is 2. The summed E-state index contributed by atoms with van der Waals surface area (Å²) in [4.78, 5) is 11.2. The van der Waals surface area contributed by atoms with Gasteiger partial charge in [0.05, 0.1) is 5.41 Å². The monoisotopic (exact) mass is 265 g/mol. The largest absolute Gasteiger partial charge is 0.492 e. The van der Waals surface area contributed by atoms with Gasteiger partial charge in [0.2, 0.25) is 0 Å². The third-order valence-corrected chi connectivity index (χ3v) is 3.22. The number of carboxylic acids is 1. The van der Waals surface area contributed by atoms with Crippen molar-refractivity contribution in [3.8, 4) is 5.75 Å². The second-order valence-electron chi connectivity index (χ2n) is 5.55. The second-order valence-corrected chi connectivity index (χ2v) is 5.55. The van der Waals surface area contributed by atoms with Crippen LogP contribution in [0.3, 0.4) is 0 Å². The predicted molar refractivity (Wildman–Crippen MR) is 75.6 cm³/mol. The summed E-state index contributed by atoms with van der Waals surface area (Å²) in [7, 11) is 0. The van der Waals surface area contributed by atoms with Crippen LogP contribution in [-0.4, -0.2) is 24.2 Å². The first-order valence-electron chi connectivity index (χ1n) is 6.44. The lowest BCUT2D eigenvalue weighted by Crippen LogP contribution is -2.26. The Morgan fingerprint density at radius 2 is 1.95 bits per heavy atom. The molecule has 3 N–H and O–H groups in total. The Bertz CT molecular complexity index is 467. The van der Waals surface area contributed by atoms with Crippen LogP contribution in [0.25, 0.3) is 0 Å². The van der Waals surface area contributed by atoms with Crippen LogP contribution >= 0.6 is 0 Å². The molecule has 0 aromatic heterocycles. The average Bonchev–Trinajstić information content (AvgIpc) is 2.31. The minimum absolute atomic E-state index is 0.478. The fourth-order valence-electron chi connectivity index (χ4n) is 1.92. The van der Waals surface area contributed by atoms with Crippen molar-refractivity contribution in [3.63, 3.8) is 0 Å². The maximum Gasteiger partial charge on any atom is 0.309 e. The maximum atomic E-state index is 11.2. The number of nitrogens with two attached hydrogens (primary N) is 1. The lowest BCUT2D eigenvalue weighted by Gasteiger charge is -2.21. The van der Waals surface area contributed by atoms with Crippen molar-refractivity contribution in [1.82, 2.24) is 0 Å². The average molecular weight is 265 g/mol. The van der Waals surface area contributed by atoms with Gasteiger partial charge >= 0.3 is 5.97 Å². The number of aliphatic carboxylic acids is 1. The first-order valence-corrected chi connectivity index (χ1v) is 6.44. The highest BCUT2D eigenvalue weighted by molar-refractivity contribution is 5.74. The molecule has 0 radical (unpaired) electrons. The lowest BCUT2D eigenvalue weighted by atomic mass is 9.84. The van der Waals surface area contributed by atoms with Gasteiger partial charge in [-0.3, -0.25) is 4.79 Å². The van der Waals surface area contributed by atoms with Crippen LogP contribution in [0.1, 0.15) is 30.5 Å². The van der Waals surface area contributed by atoms with E-state index in [-0.39, 0.29) is 0 Å². The fraction of sp³-hybridized carbons (Fsp3) is 0.533. The molecule has 0 aliphatic carbocycles. The normalized spacial score (nSPS) is 11.4. The van der Waals surface area contributed by atoms with Crippen molar-refractivity contribution < 1.29 is 14.6 Å². The Hall–Kier alpha value is -1.55. The summed E-state index contributed by atoms with van der Waals surface area (Å²) >= 11 is 0.